The molecule has 1 N–H and O–H groups in total. The Bertz CT molecular complexity index is 701. The molecule has 1 spiro atoms. The third-order valence-corrected chi connectivity index (χ3v) is 6.48. The molecule has 1 saturated carbocycles. The van der Waals surface area contributed by atoms with Gasteiger partial charge in [0, 0.05) is 50.4 Å². The fraction of sp³-hybridized carbons (Fsp3) is 0.696. The quantitative estimate of drug-likeness (QED) is 0.817. The summed E-state index contributed by atoms with van der Waals surface area (Å²) in [6, 6.07) is 3.45. The number of nitrogens with zero attached hydrogens (tertiary/aromatic N) is 3. The van der Waals surface area contributed by atoms with Crippen LogP contribution in [-0.4, -0.2) is 72.0 Å². The molecule has 1 aliphatic carbocycles. The van der Waals surface area contributed by atoms with Crippen molar-refractivity contribution in [3.63, 3.8) is 0 Å². The summed E-state index contributed by atoms with van der Waals surface area (Å²) in [6.07, 6.45) is 9.97. The summed E-state index contributed by atoms with van der Waals surface area (Å²) in [5, 5.41) is 3.07. The van der Waals surface area contributed by atoms with Gasteiger partial charge in [-0.05, 0) is 38.3 Å². The van der Waals surface area contributed by atoms with E-state index >= 15 is 0 Å². The van der Waals surface area contributed by atoms with Gasteiger partial charge in [0.15, 0.2) is 0 Å². The summed E-state index contributed by atoms with van der Waals surface area (Å²) in [7, 11) is 1.56. The Morgan fingerprint density at radius 3 is 2.63 bits per heavy atom. The van der Waals surface area contributed by atoms with Crippen molar-refractivity contribution in [2.24, 2.45) is 0 Å². The van der Waals surface area contributed by atoms with Crippen LogP contribution in [0.3, 0.4) is 0 Å². The minimum Gasteiger partial charge on any atom is -0.481 e. The number of amides is 2. The Labute approximate surface area is 180 Å². The predicted molar refractivity (Wildman–Crippen MR) is 117 cm³/mol. The van der Waals surface area contributed by atoms with Gasteiger partial charge in [-0.25, -0.2) is 4.98 Å². The fourth-order valence-electron chi connectivity index (χ4n) is 4.94. The molecule has 2 amide bonds. The summed E-state index contributed by atoms with van der Waals surface area (Å²) in [5.41, 5.74) is 0.531. The Balaban J connectivity index is 1.74. The number of hydrogen-bond acceptors (Lipinski definition) is 5. The van der Waals surface area contributed by atoms with E-state index in [-0.39, 0.29) is 17.4 Å². The first kappa shape index (κ1) is 22.5. The molecule has 0 radical (unpaired) electrons. The second-order valence-corrected chi connectivity index (χ2v) is 8.53. The Morgan fingerprint density at radius 2 is 1.97 bits per heavy atom. The van der Waals surface area contributed by atoms with Gasteiger partial charge in [-0.2, -0.15) is 0 Å². The molecule has 166 valence electrons. The van der Waals surface area contributed by atoms with Crippen LogP contribution >= 0.6 is 0 Å². The van der Waals surface area contributed by atoms with Gasteiger partial charge in [-0.3, -0.25) is 14.5 Å². The second kappa shape index (κ2) is 10.8. The number of rotatable bonds is 4. The van der Waals surface area contributed by atoms with Crippen molar-refractivity contribution in [3.05, 3.63) is 23.9 Å². The average Bonchev–Trinajstić information content (AvgIpc) is 2.79. The lowest BCUT2D eigenvalue weighted by molar-refractivity contribution is -0.125. The van der Waals surface area contributed by atoms with Crippen molar-refractivity contribution in [3.8, 4) is 5.88 Å². The van der Waals surface area contributed by atoms with E-state index in [1.807, 2.05) is 4.90 Å². The third-order valence-electron chi connectivity index (χ3n) is 6.48. The molecule has 2 aliphatic rings. The molecule has 0 bridgehead atoms. The number of methoxy groups -OCH3 is 1. The lowest BCUT2D eigenvalue weighted by Crippen LogP contribution is -2.53. The maximum absolute atomic E-state index is 13.1. The van der Waals surface area contributed by atoms with Gasteiger partial charge in [0.05, 0.1) is 12.7 Å². The van der Waals surface area contributed by atoms with Gasteiger partial charge in [0.1, 0.15) is 0 Å². The smallest absolute Gasteiger partial charge is 0.255 e. The van der Waals surface area contributed by atoms with Crippen LogP contribution in [0.15, 0.2) is 18.3 Å². The van der Waals surface area contributed by atoms with E-state index in [1.165, 1.54) is 19.3 Å². The molecule has 1 aliphatic heterocycles. The molecular formula is C23H36N4O3. The van der Waals surface area contributed by atoms with Gasteiger partial charge < -0.3 is 15.0 Å². The first-order chi connectivity index (χ1) is 14.6. The summed E-state index contributed by atoms with van der Waals surface area (Å²) in [4.78, 5) is 34.4. The highest BCUT2D eigenvalue weighted by Gasteiger charge is 2.39. The highest BCUT2D eigenvalue weighted by molar-refractivity contribution is 5.94. The van der Waals surface area contributed by atoms with Crippen LogP contribution in [0.5, 0.6) is 5.88 Å². The van der Waals surface area contributed by atoms with Crippen LogP contribution in [0.25, 0.3) is 0 Å². The van der Waals surface area contributed by atoms with Crippen LogP contribution in [0.2, 0.25) is 0 Å². The fourth-order valence-corrected chi connectivity index (χ4v) is 4.94. The summed E-state index contributed by atoms with van der Waals surface area (Å²) in [5.74, 6) is 0.552. The number of carbonyl (C=O) groups is 2. The molecule has 0 unspecified atom stereocenters. The summed E-state index contributed by atoms with van der Waals surface area (Å²) >= 11 is 0. The van der Waals surface area contributed by atoms with Crippen molar-refractivity contribution < 1.29 is 14.3 Å². The molecule has 7 nitrogen and oxygen atoms in total. The molecule has 1 aromatic rings. The molecule has 2 fully saturated rings. The standard InChI is InChI=1S/C23H36N4O3/c1-3-13-27-15-7-14-26(22(29)19-8-9-21(30-2)25-18-19)16-12-24-20(28)17-23(27)10-5-4-6-11-23/h8-9,18H,3-7,10-17H2,1-2H3,(H,24,28). The van der Waals surface area contributed by atoms with E-state index in [0.717, 1.165) is 38.8 Å². The predicted octanol–water partition coefficient (Wildman–Crippen LogP) is 2.86. The Morgan fingerprint density at radius 1 is 1.17 bits per heavy atom. The van der Waals surface area contributed by atoms with Crippen molar-refractivity contribution >= 4 is 11.8 Å². The maximum atomic E-state index is 13.1. The zero-order valence-corrected chi connectivity index (χ0v) is 18.5. The van der Waals surface area contributed by atoms with Gasteiger partial charge >= 0.3 is 0 Å². The first-order valence-electron chi connectivity index (χ1n) is 11.4. The van der Waals surface area contributed by atoms with Crippen LogP contribution in [-0.2, 0) is 4.79 Å². The molecule has 1 aromatic heterocycles. The Kier molecular flexibility index (Phi) is 8.08. The van der Waals surface area contributed by atoms with E-state index in [9.17, 15) is 9.59 Å². The minimum atomic E-state index is -0.0481. The zero-order valence-electron chi connectivity index (χ0n) is 18.5. The largest absolute Gasteiger partial charge is 0.481 e. The van der Waals surface area contributed by atoms with E-state index in [2.05, 4.69) is 22.1 Å². The Hall–Kier alpha value is -2.15. The molecule has 3 rings (SSSR count). The zero-order chi connectivity index (χ0) is 21.4. The molecule has 30 heavy (non-hydrogen) atoms. The van der Waals surface area contributed by atoms with Gasteiger partial charge in [0.2, 0.25) is 11.8 Å². The van der Waals surface area contributed by atoms with Crippen molar-refractivity contribution in [2.75, 3.05) is 39.8 Å². The second-order valence-electron chi connectivity index (χ2n) is 8.53. The van der Waals surface area contributed by atoms with Crippen LogP contribution in [0.4, 0.5) is 0 Å². The monoisotopic (exact) mass is 416 g/mol. The normalized spacial score (nSPS) is 21.0. The number of hydrogen-bond donors (Lipinski definition) is 1. The van der Waals surface area contributed by atoms with Crippen molar-refractivity contribution in [1.82, 2.24) is 20.1 Å². The lowest BCUT2D eigenvalue weighted by Gasteiger charge is -2.46. The molecule has 7 heteroatoms. The minimum absolute atomic E-state index is 0.0164. The highest BCUT2D eigenvalue weighted by Crippen LogP contribution is 2.37. The summed E-state index contributed by atoms with van der Waals surface area (Å²) < 4.78 is 5.09. The van der Waals surface area contributed by atoms with E-state index < -0.39 is 0 Å². The van der Waals surface area contributed by atoms with E-state index in [4.69, 9.17) is 4.74 Å². The lowest BCUT2D eigenvalue weighted by atomic mass is 9.77. The third kappa shape index (κ3) is 5.50. The van der Waals surface area contributed by atoms with Gasteiger partial charge in [0.25, 0.3) is 5.91 Å². The van der Waals surface area contributed by atoms with Crippen molar-refractivity contribution in [2.45, 2.75) is 63.8 Å². The number of nitrogens with one attached hydrogen (secondary N) is 1. The van der Waals surface area contributed by atoms with Crippen molar-refractivity contribution in [1.29, 1.82) is 0 Å². The first-order valence-corrected chi connectivity index (χ1v) is 11.4. The van der Waals surface area contributed by atoms with E-state index in [0.29, 0.717) is 37.5 Å². The number of ether oxygens (including phenoxy) is 1. The van der Waals surface area contributed by atoms with E-state index in [1.54, 1.807) is 25.4 Å². The molecule has 1 saturated heterocycles. The van der Waals surface area contributed by atoms with Crippen LogP contribution < -0.4 is 10.1 Å². The summed E-state index contributed by atoms with van der Waals surface area (Å²) in [6.45, 7) is 5.80. The average molecular weight is 417 g/mol. The van der Waals surface area contributed by atoms with Crippen LogP contribution in [0, 0.1) is 0 Å². The molecular weight excluding hydrogens is 380 g/mol. The van der Waals surface area contributed by atoms with Crippen LogP contribution in [0.1, 0.15) is 68.6 Å². The molecule has 0 atom stereocenters. The number of carbonyl (C=O) groups excluding carboxylic acids is 2. The maximum Gasteiger partial charge on any atom is 0.255 e. The molecule has 2 heterocycles. The number of aromatic nitrogens is 1. The van der Waals surface area contributed by atoms with Gasteiger partial charge in [-0.15, -0.1) is 0 Å². The SMILES string of the molecule is CCCN1CCCN(C(=O)c2ccc(OC)nc2)CCNC(=O)CC12CCCCC2. The highest BCUT2D eigenvalue weighted by atomic mass is 16.5. The van der Waals surface area contributed by atoms with Gasteiger partial charge in [-0.1, -0.05) is 26.2 Å². The topological polar surface area (TPSA) is 74.8 Å². The molecule has 0 aromatic carbocycles. The number of pyridine rings is 1.